The van der Waals surface area contributed by atoms with Crippen LogP contribution in [0.3, 0.4) is 0 Å². The summed E-state index contributed by atoms with van der Waals surface area (Å²) in [5.41, 5.74) is 7.76. The highest BCUT2D eigenvalue weighted by Gasteiger charge is 2.52. The lowest BCUT2D eigenvalue weighted by Crippen LogP contribution is -2.55. The zero-order valence-corrected chi connectivity index (χ0v) is 35.3. The number of aromatic nitrogens is 2. The van der Waals surface area contributed by atoms with Crippen molar-refractivity contribution in [1.29, 1.82) is 5.41 Å². The van der Waals surface area contributed by atoms with E-state index in [1.807, 2.05) is 0 Å². The lowest BCUT2D eigenvalue weighted by atomic mass is 9.62. The molecule has 3 saturated carbocycles. The maximum Gasteiger partial charge on any atom is 0.227 e. The Hall–Kier alpha value is -2.83. The minimum atomic E-state index is 0.149. The van der Waals surface area contributed by atoms with Crippen LogP contribution in [0, 0.1) is 27.6 Å². The second-order valence-electron chi connectivity index (χ2n) is 20.3. The fourth-order valence-electron chi connectivity index (χ4n) is 10.8. The summed E-state index contributed by atoms with van der Waals surface area (Å²) in [5.74, 6) is 2.40. The average Bonchev–Trinajstić information content (AvgIpc) is 3.78. The highest BCUT2D eigenvalue weighted by molar-refractivity contribution is 6.10. The molecule has 1 N–H and O–H groups in total. The Kier molecular flexibility index (Phi) is 11.8. The molecule has 53 heavy (non-hydrogen) atoms. The molecule has 7 nitrogen and oxygen atoms in total. The van der Waals surface area contributed by atoms with Gasteiger partial charge in [-0.05, 0) is 98.9 Å². The molecule has 2 saturated heterocycles. The largest absolute Gasteiger partial charge is 0.373 e. The van der Waals surface area contributed by atoms with E-state index in [0.29, 0.717) is 17.0 Å². The molecule has 1 aromatic heterocycles. The van der Waals surface area contributed by atoms with Crippen LogP contribution in [0.15, 0.2) is 41.8 Å². The first-order valence-electron chi connectivity index (χ1n) is 21.6. The van der Waals surface area contributed by atoms with Crippen molar-refractivity contribution in [2.45, 2.75) is 157 Å². The van der Waals surface area contributed by atoms with Crippen molar-refractivity contribution in [3.8, 4) is 0 Å². The number of piperazine rings is 1. The summed E-state index contributed by atoms with van der Waals surface area (Å²) >= 11 is 0. The van der Waals surface area contributed by atoms with Gasteiger partial charge in [0.2, 0.25) is 5.95 Å². The summed E-state index contributed by atoms with van der Waals surface area (Å²) in [6.07, 6.45) is 18.3. The van der Waals surface area contributed by atoms with Crippen LogP contribution >= 0.6 is 0 Å². The van der Waals surface area contributed by atoms with Gasteiger partial charge in [0.05, 0.1) is 16.9 Å². The van der Waals surface area contributed by atoms with Crippen LogP contribution in [-0.4, -0.2) is 76.8 Å². The second kappa shape index (κ2) is 15.7. The molecular weight excluding hydrogens is 651 g/mol. The van der Waals surface area contributed by atoms with Gasteiger partial charge in [0.25, 0.3) is 0 Å². The maximum atomic E-state index is 9.97. The number of allylic oxidation sites excluding steroid dienone is 4. The predicted molar refractivity (Wildman–Crippen MR) is 225 cm³/mol. The van der Waals surface area contributed by atoms with Crippen LogP contribution in [0.4, 0.5) is 11.8 Å². The first-order chi connectivity index (χ1) is 25.0. The molecule has 3 aliphatic carbocycles. The summed E-state index contributed by atoms with van der Waals surface area (Å²) in [7, 11) is 0. The normalized spacial score (nSPS) is 23.7. The molecular formula is C46H75N7. The van der Waals surface area contributed by atoms with Crippen LogP contribution < -0.4 is 9.80 Å². The van der Waals surface area contributed by atoms with Gasteiger partial charge in [0.1, 0.15) is 5.82 Å². The Bertz CT molecular complexity index is 1530. The van der Waals surface area contributed by atoms with Crippen LogP contribution in [0.2, 0.25) is 0 Å². The maximum absolute atomic E-state index is 9.97. The molecule has 1 atom stereocenters. The lowest BCUT2D eigenvalue weighted by molar-refractivity contribution is 0.127. The van der Waals surface area contributed by atoms with Crippen molar-refractivity contribution in [1.82, 2.24) is 19.8 Å². The summed E-state index contributed by atoms with van der Waals surface area (Å²) in [6, 6.07) is 2.19. The Labute approximate surface area is 324 Å². The van der Waals surface area contributed by atoms with E-state index >= 15 is 0 Å². The van der Waals surface area contributed by atoms with Crippen molar-refractivity contribution < 1.29 is 0 Å². The zero-order valence-electron chi connectivity index (χ0n) is 35.3. The molecule has 1 aromatic rings. The number of hydrogen-bond donors (Lipinski definition) is 1. The van der Waals surface area contributed by atoms with Gasteiger partial charge in [-0.1, -0.05) is 99.3 Å². The van der Waals surface area contributed by atoms with Gasteiger partial charge in [0.15, 0.2) is 0 Å². The Balaban J connectivity index is 1.33. The monoisotopic (exact) mass is 726 g/mol. The van der Waals surface area contributed by atoms with Crippen LogP contribution in [0.1, 0.15) is 157 Å². The number of anilines is 2. The van der Waals surface area contributed by atoms with Gasteiger partial charge in [-0.3, -0.25) is 5.41 Å². The Morgan fingerprint density at radius 3 is 2.08 bits per heavy atom. The topological polar surface area (TPSA) is 62.6 Å². The SMILES string of the molecule is C=C(CC(C)(C)C)N1CCCN(c2nc(C(=N)/C(CCC)=C(\C)[C@H]3CCCCC34CCCC4)cc(N3CCN(C(=C)CC(C)(C)C)C4(CC4)C3)n2)CC1. The third-order valence-corrected chi connectivity index (χ3v) is 13.4. The van der Waals surface area contributed by atoms with Crippen molar-refractivity contribution >= 4 is 17.5 Å². The van der Waals surface area contributed by atoms with Crippen molar-refractivity contribution in [3.05, 3.63) is 47.5 Å². The van der Waals surface area contributed by atoms with Crippen LogP contribution in [0.25, 0.3) is 0 Å². The van der Waals surface area contributed by atoms with Crippen LogP contribution in [0.5, 0.6) is 0 Å². The standard InChI is InChI=1S/C46H75N7/c1-11-17-37(36(4)38-18-12-13-19-45(38)20-14-15-21-45)41(47)39-30-40(52-28-29-53(46(33-52)22-23-46)35(3)32-44(8,9)10)49-42(48-39)51-25-16-24-50(26-27-51)34(2)31-43(5,6)7/h30,38,47H,2-3,11-29,31-33H2,1,4-10H3/b37-36+,47-41?/t38-/m1/s1. The molecule has 7 heteroatoms. The van der Waals surface area contributed by atoms with Gasteiger partial charge in [0, 0.05) is 63.3 Å². The van der Waals surface area contributed by atoms with Gasteiger partial charge in [-0.15, -0.1) is 0 Å². The van der Waals surface area contributed by atoms with E-state index in [-0.39, 0.29) is 16.4 Å². The Morgan fingerprint density at radius 1 is 0.792 bits per heavy atom. The van der Waals surface area contributed by atoms with Crippen molar-refractivity contribution in [3.63, 3.8) is 0 Å². The third kappa shape index (κ3) is 9.18. The van der Waals surface area contributed by atoms with E-state index in [1.54, 1.807) is 0 Å². The lowest BCUT2D eigenvalue weighted by Gasteiger charge is -2.46. The van der Waals surface area contributed by atoms with E-state index in [2.05, 4.69) is 94.2 Å². The minimum Gasteiger partial charge on any atom is -0.373 e. The number of nitrogens with one attached hydrogen (secondary N) is 1. The minimum absolute atomic E-state index is 0.149. The molecule has 6 rings (SSSR count). The molecule has 294 valence electrons. The number of rotatable bonds is 11. The molecule has 3 heterocycles. The van der Waals surface area contributed by atoms with E-state index in [1.165, 1.54) is 86.7 Å². The molecule has 5 fully saturated rings. The Morgan fingerprint density at radius 2 is 1.43 bits per heavy atom. The molecule has 0 unspecified atom stereocenters. The molecule has 5 aliphatic rings. The smallest absolute Gasteiger partial charge is 0.227 e. The average molecular weight is 726 g/mol. The first kappa shape index (κ1) is 39.9. The number of hydrogen-bond acceptors (Lipinski definition) is 7. The van der Waals surface area contributed by atoms with E-state index in [9.17, 15) is 5.41 Å². The second-order valence-corrected chi connectivity index (χ2v) is 20.3. The highest BCUT2D eigenvalue weighted by Crippen LogP contribution is 2.55. The summed E-state index contributed by atoms with van der Waals surface area (Å²) < 4.78 is 0. The number of nitrogens with zero attached hydrogens (tertiary/aromatic N) is 6. The van der Waals surface area contributed by atoms with Crippen LogP contribution in [-0.2, 0) is 0 Å². The molecule has 0 aromatic carbocycles. The van der Waals surface area contributed by atoms with Crippen molar-refractivity contribution in [2.24, 2.45) is 22.2 Å². The van der Waals surface area contributed by atoms with Crippen molar-refractivity contribution in [2.75, 3.05) is 55.6 Å². The van der Waals surface area contributed by atoms with Gasteiger partial charge < -0.3 is 19.6 Å². The highest BCUT2D eigenvalue weighted by atomic mass is 15.4. The predicted octanol–water partition coefficient (Wildman–Crippen LogP) is 10.8. The molecule has 2 aliphatic heterocycles. The van der Waals surface area contributed by atoms with Gasteiger partial charge >= 0.3 is 0 Å². The zero-order chi connectivity index (χ0) is 38.2. The fourth-order valence-corrected chi connectivity index (χ4v) is 10.8. The van der Waals surface area contributed by atoms with Gasteiger partial charge in [-0.25, -0.2) is 4.98 Å². The van der Waals surface area contributed by atoms with Gasteiger partial charge in [-0.2, -0.15) is 4.98 Å². The molecule has 2 spiro atoms. The summed E-state index contributed by atoms with van der Waals surface area (Å²) in [4.78, 5) is 20.8. The van der Waals surface area contributed by atoms with E-state index in [0.717, 1.165) is 95.4 Å². The summed E-state index contributed by atoms with van der Waals surface area (Å²) in [6.45, 7) is 34.2. The molecule has 0 radical (unpaired) electrons. The van der Waals surface area contributed by atoms with E-state index in [4.69, 9.17) is 9.97 Å². The summed E-state index contributed by atoms with van der Waals surface area (Å²) in [5, 5.41) is 9.97. The fraction of sp³-hybridized carbons (Fsp3) is 0.761. The molecule has 0 bridgehead atoms. The molecule has 0 amide bonds. The quantitative estimate of drug-likeness (QED) is 0.229. The first-order valence-corrected chi connectivity index (χ1v) is 21.6. The third-order valence-electron chi connectivity index (χ3n) is 13.4. The van der Waals surface area contributed by atoms with E-state index < -0.39 is 0 Å².